The number of hydrogen-bond donors (Lipinski definition) is 11. The van der Waals surface area contributed by atoms with Gasteiger partial charge >= 0.3 is 5.97 Å². The van der Waals surface area contributed by atoms with Gasteiger partial charge in [0.15, 0.2) is 29.1 Å². The molecular weight excluding hydrogens is 963 g/mol. The Labute approximate surface area is 431 Å². The van der Waals surface area contributed by atoms with Crippen LogP contribution >= 0.6 is 11.8 Å². The molecule has 0 fully saturated rings. The van der Waals surface area contributed by atoms with E-state index in [9.17, 15) is 53.4 Å². The molecule has 8 atom stereocenters. The summed E-state index contributed by atoms with van der Waals surface area (Å²) in [5.41, 5.74) is 23.7. The molecule has 0 unspecified atom stereocenters. The minimum absolute atomic E-state index is 0.0575. The van der Waals surface area contributed by atoms with E-state index in [0.29, 0.717) is 36.3 Å². The molecule has 0 saturated heterocycles. The van der Waals surface area contributed by atoms with Crippen molar-refractivity contribution in [3.8, 4) is 5.75 Å². The van der Waals surface area contributed by atoms with Crippen LogP contribution in [0.2, 0.25) is 0 Å². The van der Waals surface area contributed by atoms with Crippen molar-refractivity contribution < 1.29 is 53.4 Å². The number of rotatable bonds is 39. The first kappa shape index (κ1) is 62.9. The standard InChI is InChI=1S/C50H79N11O11S/c1-29(2)19-38(44(66)25-34(46(52)69)22-35-27-56-28-58-35)60-49(72)33(10-8-17-57-50(53)54)24-42(64)39(21-31-11-13-36(62)14-12-31)61-48(71)32(9-6-7-16-51)23-43(65)40(26-45(67)68)59-47(70)30(3)20-41(63)37(55-4)15-18-73-5/h11-14,27-30,32-34,37-40,55,62H,6-10,15-26,51H2,1-5H3,(H2,52,69)(H,56,58)(H,59,70)(H,60,72)(H,61,71)(H,67,68)(H4,53,54,57)/t30-,32-,33-,34-,37+,38+,39+,40+/m1/s1. The number of unbranched alkanes of at least 4 members (excludes halogenated alkanes) is 1. The molecule has 0 saturated carbocycles. The molecule has 0 aliphatic carbocycles. The Morgan fingerprint density at radius 2 is 1.26 bits per heavy atom. The number of nitrogens with two attached hydrogens (primary N) is 4. The van der Waals surface area contributed by atoms with E-state index < -0.39 is 114 Å². The second kappa shape index (κ2) is 33.5. The smallest absolute Gasteiger partial charge is 0.305 e. The van der Waals surface area contributed by atoms with Gasteiger partial charge in [-0.05, 0) is 94.2 Å². The van der Waals surface area contributed by atoms with Crippen LogP contribution in [-0.4, -0.2) is 135 Å². The number of likely N-dealkylation sites (N-methyl/N-ethyl adjacent to an activating group) is 1. The number of phenolic OH excluding ortho intramolecular Hbond substituents is 1. The third-order valence-electron chi connectivity index (χ3n) is 12.4. The number of Topliss-reactive ketones (excluding diaryl/α,β-unsaturated/α-hetero) is 4. The number of carboxylic acid groups (broad SMARTS) is 1. The van der Waals surface area contributed by atoms with Crippen LogP contribution in [0.5, 0.6) is 5.75 Å². The number of aromatic nitrogens is 2. The van der Waals surface area contributed by atoms with Crippen molar-refractivity contribution in [1.29, 1.82) is 0 Å². The summed E-state index contributed by atoms with van der Waals surface area (Å²) < 4.78 is 0. The molecule has 15 N–H and O–H groups in total. The Kier molecular flexibility index (Phi) is 28.9. The summed E-state index contributed by atoms with van der Waals surface area (Å²) in [7, 11) is 1.64. The first-order valence-corrected chi connectivity index (χ1v) is 26.2. The normalized spacial score (nSPS) is 14.6. The molecule has 4 amide bonds. The number of carbonyl (C=O) groups is 9. The number of aliphatic imine (C=N–C) groups is 1. The first-order valence-electron chi connectivity index (χ1n) is 24.8. The van der Waals surface area contributed by atoms with Crippen LogP contribution in [0.3, 0.4) is 0 Å². The van der Waals surface area contributed by atoms with E-state index in [1.165, 1.54) is 31.6 Å². The van der Waals surface area contributed by atoms with Crippen LogP contribution in [0.1, 0.15) is 109 Å². The van der Waals surface area contributed by atoms with Crippen LogP contribution in [0, 0.1) is 29.6 Å². The maximum absolute atomic E-state index is 14.6. The van der Waals surface area contributed by atoms with E-state index in [2.05, 4.69) is 36.2 Å². The summed E-state index contributed by atoms with van der Waals surface area (Å²) in [6, 6.07) is 1.47. The number of primary amides is 1. The zero-order valence-electron chi connectivity index (χ0n) is 42.9. The van der Waals surface area contributed by atoms with Gasteiger partial charge in [-0.25, -0.2) is 4.98 Å². The van der Waals surface area contributed by atoms with Crippen molar-refractivity contribution in [1.82, 2.24) is 31.2 Å². The Balaban J connectivity index is 2.49. The van der Waals surface area contributed by atoms with Gasteiger partial charge in [-0.3, -0.25) is 48.1 Å². The van der Waals surface area contributed by atoms with E-state index >= 15 is 0 Å². The molecule has 0 aliphatic rings. The van der Waals surface area contributed by atoms with Gasteiger partial charge in [-0.2, -0.15) is 11.8 Å². The number of phenols is 1. The molecule has 2 aromatic rings. The number of thioether (sulfide) groups is 1. The van der Waals surface area contributed by atoms with E-state index in [1.807, 2.05) is 20.1 Å². The molecule has 23 heteroatoms. The Morgan fingerprint density at radius 1 is 0.699 bits per heavy atom. The summed E-state index contributed by atoms with van der Waals surface area (Å²) in [6.45, 7) is 5.57. The topological polar surface area (TPSA) is 387 Å². The number of aromatic hydroxyl groups is 1. The number of imidazole rings is 1. The van der Waals surface area contributed by atoms with Gasteiger partial charge in [0.2, 0.25) is 23.6 Å². The van der Waals surface area contributed by atoms with Gasteiger partial charge in [-0.1, -0.05) is 39.3 Å². The van der Waals surface area contributed by atoms with Crippen molar-refractivity contribution in [3.63, 3.8) is 0 Å². The fourth-order valence-corrected chi connectivity index (χ4v) is 8.70. The molecule has 0 radical (unpaired) electrons. The highest BCUT2D eigenvalue weighted by Crippen LogP contribution is 2.23. The van der Waals surface area contributed by atoms with Crippen LogP contribution in [0.25, 0.3) is 0 Å². The molecule has 22 nitrogen and oxygen atoms in total. The zero-order valence-corrected chi connectivity index (χ0v) is 43.7. The maximum Gasteiger partial charge on any atom is 0.305 e. The van der Waals surface area contributed by atoms with Gasteiger partial charge in [0.1, 0.15) is 5.75 Å². The van der Waals surface area contributed by atoms with E-state index in [1.54, 1.807) is 30.9 Å². The second-order valence-corrected chi connectivity index (χ2v) is 20.0. The largest absolute Gasteiger partial charge is 0.508 e. The number of amides is 4. The Hall–Kier alpha value is -6.20. The van der Waals surface area contributed by atoms with Crippen molar-refractivity contribution in [3.05, 3.63) is 48.0 Å². The zero-order chi connectivity index (χ0) is 54.6. The number of carboxylic acids is 1. The third kappa shape index (κ3) is 24.4. The highest BCUT2D eigenvalue weighted by atomic mass is 32.2. The monoisotopic (exact) mass is 1040 g/mol. The van der Waals surface area contributed by atoms with Gasteiger partial charge < -0.3 is 59.4 Å². The van der Waals surface area contributed by atoms with E-state index in [-0.39, 0.29) is 87.9 Å². The summed E-state index contributed by atoms with van der Waals surface area (Å²) in [5, 5.41) is 30.9. The minimum atomic E-state index is -1.55. The summed E-state index contributed by atoms with van der Waals surface area (Å²) >= 11 is 1.57. The number of carbonyl (C=O) groups excluding carboxylic acids is 8. The van der Waals surface area contributed by atoms with Crippen molar-refractivity contribution in [2.45, 2.75) is 135 Å². The third-order valence-corrected chi connectivity index (χ3v) is 13.0. The van der Waals surface area contributed by atoms with Gasteiger partial charge in [0, 0.05) is 68.3 Å². The molecular formula is C50H79N11O11S. The molecule has 1 aromatic heterocycles. The number of guanidine groups is 1. The summed E-state index contributed by atoms with van der Waals surface area (Å²) in [4.78, 5) is 133. The number of nitrogens with zero attached hydrogens (tertiary/aromatic N) is 2. The average Bonchev–Trinajstić information content (AvgIpc) is 3.84. The van der Waals surface area contributed by atoms with Gasteiger partial charge in [-0.15, -0.1) is 0 Å². The van der Waals surface area contributed by atoms with Crippen molar-refractivity contribution >= 4 is 70.5 Å². The highest BCUT2D eigenvalue weighted by Gasteiger charge is 2.35. The van der Waals surface area contributed by atoms with E-state index in [4.69, 9.17) is 22.9 Å². The minimum Gasteiger partial charge on any atom is -0.508 e. The highest BCUT2D eigenvalue weighted by molar-refractivity contribution is 7.98. The molecule has 2 rings (SSSR count). The lowest BCUT2D eigenvalue weighted by Crippen LogP contribution is -2.49. The molecule has 0 bridgehead atoms. The number of benzene rings is 1. The Bertz CT molecular complexity index is 2140. The lowest BCUT2D eigenvalue weighted by Gasteiger charge is -2.26. The maximum atomic E-state index is 14.6. The summed E-state index contributed by atoms with van der Waals surface area (Å²) in [6.07, 6.45) is 4.58. The number of hydrogen-bond acceptors (Lipinski definition) is 15. The van der Waals surface area contributed by atoms with Gasteiger partial charge in [0.05, 0.1) is 42.8 Å². The first-order chi connectivity index (χ1) is 34.6. The lowest BCUT2D eigenvalue weighted by atomic mass is 9.88. The summed E-state index contributed by atoms with van der Waals surface area (Å²) in [5.74, 6) is -9.89. The fourth-order valence-electron chi connectivity index (χ4n) is 8.23. The second-order valence-electron chi connectivity index (χ2n) is 19.0. The van der Waals surface area contributed by atoms with Crippen LogP contribution in [0.4, 0.5) is 0 Å². The molecule has 406 valence electrons. The predicted octanol–water partition coefficient (Wildman–Crippen LogP) is 1.21. The number of aromatic amines is 1. The molecule has 0 aliphatic heterocycles. The van der Waals surface area contributed by atoms with Crippen LogP contribution in [0.15, 0.2) is 41.8 Å². The molecule has 0 spiro atoms. The molecule has 1 aromatic carbocycles. The number of H-pyrrole nitrogens is 1. The van der Waals surface area contributed by atoms with Crippen LogP contribution in [-0.2, 0) is 56.0 Å². The van der Waals surface area contributed by atoms with Crippen molar-refractivity contribution in [2.24, 2.45) is 57.5 Å². The number of nitrogens with one attached hydrogen (secondary N) is 5. The fraction of sp³-hybridized carbons (Fsp3) is 0.620. The molecule has 73 heavy (non-hydrogen) atoms. The average molecular weight is 1040 g/mol. The SMILES string of the molecule is CN[C@@H](CCSC)C(=O)C[C@@H](C)C(=O)N[C@@H](CC(=O)O)C(=O)C[C@@H](CCCCN)C(=O)N[C@@H](Cc1ccc(O)cc1)C(=O)C[C@@H](CCCN=C(N)N)C(=O)N[C@@H](CC(C)C)C(=O)C[C@@H](Cc1cnc[nH]1)C(N)=O. The quantitative estimate of drug-likeness (QED) is 0.0255. The van der Waals surface area contributed by atoms with Gasteiger partial charge in [0.25, 0.3) is 0 Å². The van der Waals surface area contributed by atoms with Crippen LogP contribution < -0.4 is 44.2 Å². The molecule has 1 heterocycles. The van der Waals surface area contributed by atoms with Crippen molar-refractivity contribution in [2.75, 3.05) is 32.1 Å². The number of aliphatic carboxylic acids is 1. The lowest BCUT2D eigenvalue weighted by molar-refractivity contribution is -0.141. The number of ketones is 4. The van der Waals surface area contributed by atoms with E-state index in [0.717, 1.165) is 0 Å². The Morgan fingerprint density at radius 3 is 1.79 bits per heavy atom. The predicted molar refractivity (Wildman–Crippen MR) is 278 cm³/mol.